The minimum atomic E-state index is -0.509. The van der Waals surface area contributed by atoms with Crippen molar-refractivity contribution in [3.63, 3.8) is 0 Å². The minimum absolute atomic E-state index is 0.0946. The van der Waals surface area contributed by atoms with Gasteiger partial charge in [-0.1, -0.05) is 23.4 Å². The molecule has 4 rings (SSSR count). The van der Waals surface area contributed by atoms with E-state index >= 15 is 0 Å². The number of amides is 1. The van der Waals surface area contributed by atoms with Gasteiger partial charge in [0.2, 0.25) is 0 Å². The number of hydrogen-bond acceptors (Lipinski definition) is 6. The number of nitrogens with zero attached hydrogens (tertiary/aromatic N) is 2. The highest BCUT2D eigenvalue weighted by Gasteiger charge is 2.25. The molecule has 162 valence electrons. The lowest BCUT2D eigenvalue weighted by atomic mass is 9.89. The SMILES string of the molecule is O=C(Nc1cccc2cnoc12)OCCCN1CCC(C(=O)c2ccc(I)cc2)CC1. The minimum Gasteiger partial charge on any atom is -0.449 e. The lowest BCUT2D eigenvalue weighted by Gasteiger charge is -2.31. The lowest BCUT2D eigenvalue weighted by Crippen LogP contribution is -2.37. The van der Waals surface area contributed by atoms with Gasteiger partial charge in [-0.05, 0) is 79.2 Å². The number of rotatable bonds is 7. The second-order valence-electron chi connectivity index (χ2n) is 7.65. The molecule has 0 radical (unpaired) electrons. The van der Waals surface area contributed by atoms with Gasteiger partial charge in [0.05, 0.1) is 18.5 Å². The third-order valence-electron chi connectivity index (χ3n) is 5.56. The number of likely N-dealkylation sites (tertiary alicyclic amines) is 1. The van der Waals surface area contributed by atoms with Crippen molar-refractivity contribution in [2.45, 2.75) is 19.3 Å². The van der Waals surface area contributed by atoms with E-state index in [0.29, 0.717) is 17.9 Å². The molecule has 7 nitrogen and oxygen atoms in total. The van der Waals surface area contributed by atoms with Crippen LogP contribution in [0.4, 0.5) is 10.5 Å². The van der Waals surface area contributed by atoms with E-state index in [2.05, 4.69) is 38.0 Å². The van der Waals surface area contributed by atoms with Crippen molar-refractivity contribution in [1.29, 1.82) is 0 Å². The molecule has 2 heterocycles. The van der Waals surface area contributed by atoms with Crippen molar-refractivity contribution in [2.75, 3.05) is 31.6 Å². The van der Waals surface area contributed by atoms with Crippen LogP contribution in [-0.4, -0.2) is 48.2 Å². The Morgan fingerprint density at radius 3 is 2.71 bits per heavy atom. The standard InChI is InChI=1S/C23H24IN3O4/c24-19-7-5-16(6-8-19)21(28)17-9-12-27(13-10-17)11-2-14-30-23(29)26-20-4-1-3-18-15-25-31-22(18)20/h1,3-8,15,17H,2,9-14H2,(H,26,29). The van der Waals surface area contributed by atoms with Crippen LogP contribution in [0.2, 0.25) is 0 Å². The number of halogens is 1. The molecule has 1 saturated heterocycles. The zero-order valence-electron chi connectivity index (χ0n) is 17.1. The summed E-state index contributed by atoms with van der Waals surface area (Å²) < 4.78 is 11.6. The fourth-order valence-electron chi connectivity index (χ4n) is 3.86. The number of para-hydroxylation sites is 1. The lowest BCUT2D eigenvalue weighted by molar-refractivity contribution is 0.0830. The maximum atomic E-state index is 12.7. The van der Waals surface area contributed by atoms with Gasteiger partial charge in [-0.2, -0.15) is 0 Å². The van der Waals surface area contributed by atoms with Crippen LogP contribution < -0.4 is 5.32 Å². The third-order valence-corrected chi connectivity index (χ3v) is 6.28. The molecule has 0 unspecified atom stereocenters. The van der Waals surface area contributed by atoms with Gasteiger partial charge in [-0.3, -0.25) is 10.1 Å². The highest BCUT2D eigenvalue weighted by molar-refractivity contribution is 14.1. The van der Waals surface area contributed by atoms with Gasteiger partial charge in [0, 0.05) is 27.0 Å². The van der Waals surface area contributed by atoms with Crippen molar-refractivity contribution in [3.8, 4) is 0 Å². The van der Waals surface area contributed by atoms with Gasteiger partial charge >= 0.3 is 6.09 Å². The zero-order chi connectivity index (χ0) is 21.6. The number of ether oxygens (including phenoxy) is 1. The first-order valence-corrected chi connectivity index (χ1v) is 11.5. The van der Waals surface area contributed by atoms with Gasteiger partial charge in [0.15, 0.2) is 11.4 Å². The van der Waals surface area contributed by atoms with Crippen molar-refractivity contribution in [2.24, 2.45) is 5.92 Å². The molecule has 1 aromatic heterocycles. The van der Waals surface area contributed by atoms with Gasteiger partial charge in [0.1, 0.15) is 0 Å². The molecule has 8 heteroatoms. The summed E-state index contributed by atoms with van der Waals surface area (Å²) in [6.07, 6.45) is 3.57. The van der Waals surface area contributed by atoms with Crippen LogP contribution in [0.1, 0.15) is 29.6 Å². The monoisotopic (exact) mass is 533 g/mol. The molecule has 2 aromatic carbocycles. The maximum Gasteiger partial charge on any atom is 0.411 e. The van der Waals surface area contributed by atoms with Crippen LogP contribution in [0.3, 0.4) is 0 Å². The summed E-state index contributed by atoms with van der Waals surface area (Å²) in [5.41, 5.74) is 1.88. The summed E-state index contributed by atoms with van der Waals surface area (Å²) in [6, 6.07) is 13.2. The van der Waals surface area contributed by atoms with Crippen LogP contribution in [-0.2, 0) is 4.74 Å². The molecule has 1 aliphatic rings. The normalized spacial score (nSPS) is 15.1. The highest BCUT2D eigenvalue weighted by Crippen LogP contribution is 2.24. The van der Waals surface area contributed by atoms with E-state index in [1.807, 2.05) is 36.4 Å². The van der Waals surface area contributed by atoms with Gasteiger partial charge < -0.3 is 14.2 Å². The smallest absolute Gasteiger partial charge is 0.411 e. The van der Waals surface area contributed by atoms with Crippen molar-refractivity contribution in [3.05, 3.63) is 57.8 Å². The van der Waals surface area contributed by atoms with Crippen LogP contribution in [0.15, 0.2) is 53.2 Å². The molecule has 0 atom stereocenters. The first-order chi connectivity index (χ1) is 15.1. The number of ketones is 1. The number of nitrogens with one attached hydrogen (secondary N) is 1. The van der Waals surface area contributed by atoms with Gasteiger partial charge in [-0.15, -0.1) is 0 Å². The van der Waals surface area contributed by atoms with Crippen LogP contribution in [0.5, 0.6) is 0 Å². The molecule has 1 N–H and O–H groups in total. The van der Waals surface area contributed by atoms with E-state index in [4.69, 9.17) is 9.26 Å². The number of piperidine rings is 1. The molecule has 1 fully saturated rings. The first kappa shape index (κ1) is 21.8. The molecule has 3 aromatic rings. The summed E-state index contributed by atoms with van der Waals surface area (Å²) in [5.74, 6) is 0.343. The average Bonchev–Trinajstić information content (AvgIpc) is 3.27. The first-order valence-electron chi connectivity index (χ1n) is 10.4. The number of aromatic nitrogens is 1. The van der Waals surface area contributed by atoms with E-state index in [9.17, 15) is 9.59 Å². The van der Waals surface area contributed by atoms with Crippen LogP contribution >= 0.6 is 22.6 Å². The third kappa shape index (κ3) is 5.62. The molecule has 0 bridgehead atoms. The Morgan fingerprint density at radius 1 is 1.16 bits per heavy atom. The molecule has 0 spiro atoms. The quantitative estimate of drug-likeness (QED) is 0.263. The Kier molecular flexibility index (Phi) is 7.18. The zero-order valence-corrected chi connectivity index (χ0v) is 19.2. The van der Waals surface area contributed by atoms with Crippen LogP contribution in [0.25, 0.3) is 11.0 Å². The van der Waals surface area contributed by atoms with Crippen molar-refractivity contribution >= 4 is 51.1 Å². The molecule has 1 amide bonds. The molecular weight excluding hydrogens is 509 g/mol. The predicted molar refractivity (Wildman–Crippen MR) is 126 cm³/mol. The summed E-state index contributed by atoms with van der Waals surface area (Å²) in [5, 5.41) is 7.26. The molecule has 0 aliphatic carbocycles. The number of benzene rings is 2. The summed E-state index contributed by atoms with van der Waals surface area (Å²) in [6.45, 7) is 2.95. The summed E-state index contributed by atoms with van der Waals surface area (Å²) >= 11 is 2.25. The number of carbonyl (C=O) groups excluding carboxylic acids is 2. The summed E-state index contributed by atoms with van der Waals surface area (Å²) in [7, 11) is 0. The van der Waals surface area contributed by atoms with E-state index in [1.165, 1.54) is 0 Å². The summed E-state index contributed by atoms with van der Waals surface area (Å²) in [4.78, 5) is 27.1. The Bertz CT molecular complexity index is 1040. The Labute approximate surface area is 194 Å². The number of hydrogen-bond donors (Lipinski definition) is 1. The molecule has 0 saturated carbocycles. The van der Waals surface area contributed by atoms with Crippen LogP contribution in [0, 0.1) is 9.49 Å². The van der Waals surface area contributed by atoms with E-state index in [0.717, 1.165) is 53.4 Å². The van der Waals surface area contributed by atoms with Crippen molar-refractivity contribution < 1.29 is 18.8 Å². The number of carbonyl (C=O) groups is 2. The Hall–Kier alpha value is -2.46. The number of anilines is 1. The molecular formula is C23H24IN3O4. The van der Waals surface area contributed by atoms with E-state index in [1.54, 1.807) is 12.3 Å². The molecule has 1 aliphatic heterocycles. The van der Waals surface area contributed by atoms with E-state index < -0.39 is 6.09 Å². The predicted octanol–water partition coefficient (Wildman–Crippen LogP) is 4.97. The van der Waals surface area contributed by atoms with Gasteiger partial charge in [-0.25, -0.2) is 4.79 Å². The maximum absolute atomic E-state index is 12.7. The number of fused-ring (bicyclic) bond motifs is 1. The second-order valence-corrected chi connectivity index (χ2v) is 8.90. The fraction of sp³-hybridized carbons (Fsp3) is 0.348. The number of Topliss-reactive ketones (excluding diaryl/α,β-unsaturated/α-hetero) is 1. The highest BCUT2D eigenvalue weighted by atomic mass is 127. The fourth-order valence-corrected chi connectivity index (χ4v) is 4.22. The van der Waals surface area contributed by atoms with Crippen molar-refractivity contribution in [1.82, 2.24) is 10.1 Å². The van der Waals surface area contributed by atoms with Gasteiger partial charge in [0.25, 0.3) is 0 Å². The Balaban J connectivity index is 1.15. The Morgan fingerprint density at radius 2 is 1.94 bits per heavy atom. The molecule has 31 heavy (non-hydrogen) atoms. The largest absolute Gasteiger partial charge is 0.449 e. The van der Waals surface area contributed by atoms with E-state index in [-0.39, 0.29) is 11.7 Å². The topological polar surface area (TPSA) is 84.7 Å². The average molecular weight is 533 g/mol. The second kappa shape index (κ2) is 10.2.